The van der Waals surface area contributed by atoms with Crippen molar-refractivity contribution in [2.24, 2.45) is 0 Å². The SMILES string of the molecule is Cc1cccc(Oc2ccc(NC(=O)Cc3ccc(Cl)cc3)cc2)c1C. The molecule has 0 aromatic heterocycles. The molecule has 0 aliphatic rings. The lowest BCUT2D eigenvalue weighted by Gasteiger charge is -2.11. The molecular weight excluding hydrogens is 346 g/mol. The molecule has 3 aromatic carbocycles. The maximum Gasteiger partial charge on any atom is 0.228 e. The molecule has 132 valence electrons. The number of hydrogen-bond acceptors (Lipinski definition) is 2. The largest absolute Gasteiger partial charge is 0.457 e. The van der Waals surface area contributed by atoms with Gasteiger partial charge in [0, 0.05) is 10.7 Å². The number of halogens is 1. The maximum atomic E-state index is 12.1. The van der Waals surface area contributed by atoms with E-state index >= 15 is 0 Å². The first kappa shape index (κ1) is 18.0. The van der Waals surface area contributed by atoms with Crippen molar-refractivity contribution in [1.29, 1.82) is 0 Å². The summed E-state index contributed by atoms with van der Waals surface area (Å²) in [5.41, 5.74) is 3.96. The third-order valence-electron chi connectivity index (χ3n) is 4.20. The van der Waals surface area contributed by atoms with Crippen molar-refractivity contribution in [2.45, 2.75) is 20.3 Å². The van der Waals surface area contributed by atoms with E-state index in [-0.39, 0.29) is 5.91 Å². The van der Waals surface area contributed by atoms with Crippen molar-refractivity contribution in [3.63, 3.8) is 0 Å². The molecule has 26 heavy (non-hydrogen) atoms. The number of rotatable bonds is 5. The Morgan fingerprint density at radius 2 is 1.65 bits per heavy atom. The van der Waals surface area contributed by atoms with Crippen molar-refractivity contribution in [2.75, 3.05) is 5.32 Å². The van der Waals surface area contributed by atoms with Crippen molar-refractivity contribution in [1.82, 2.24) is 0 Å². The zero-order valence-electron chi connectivity index (χ0n) is 14.8. The van der Waals surface area contributed by atoms with Gasteiger partial charge in [0.1, 0.15) is 11.5 Å². The first-order valence-electron chi connectivity index (χ1n) is 8.40. The summed E-state index contributed by atoms with van der Waals surface area (Å²) in [7, 11) is 0. The van der Waals surface area contributed by atoms with Gasteiger partial charge in [0.15, 0.2) is 0 Å². The van der Waals surface area contributed by atoms with E-state index in [9.17, 15) is 4.79 Å². The quantitative estimate of drug-likeness (QED) is 0.608. The molecule has 0 spiro atoms. The van der Waals surface area contributed by atoms with Crippen LogP contribution in [0, 0.1) is 13.8 Å². The van der Waals surface area contributed by atoms with E-state index in [4.69, 9.17) is 16.3 Å². The molecule has 1 N–H and O–H groups in total. The van der Waals surface area contributed by atoms with Crippen LogP contribution in [0.4, 0.5) is 5.69 Å². The molecule has 0 bridgehead atoms. The van der Waals surface area contributed by atoms with Gasteiger partial charge in [-0.1, -0.05) is 35.9 Å². The summed E-state index contributed by atoms with van der Waals surface area (Å²) >= 11 is 5.86. The van der Waals surface area contributed by atoms with Gasteiger partial charge in [0.2, 0.25) is 5.91 Å². The summed E-state index contributed by atoms with van der Waals surface area (Å²) in [6, 6.07) is 20.6. The molecular formula is C22H20ClNO2. The minimum Gasteiger partial charge on any atom is -0.457 e. The van der Waals surface area contributed by atoms with Crippen LogP contribution in [0.2, 0.25) is 5.02 Å². The Hall–Kier alpha value is -2.78. The summed E-state index contributed by atoms with van der Waals surface area (Å²) in [6.07, 6.45) is 0.303. The summed E-state index contributed by atoms with van der Waals surface area (Å²) in [5.74, 6) is 1.49. The minimum absolute atomic E-state index is 0.0736. The number of hydrogen-bond donors (Lipinski definition) is 1. The molecule has 0 saturated carbocycles. The highest BCUT2D eigenvalue weighted by atomic mass is 35.5. The Morgan fingerprint density at radius 1 is 0.962 bits per heavy atom. The molecule has 3 rings (SSSR count). The normalized spacial score (nSPS) is 10.4. The fraction of sp³-hybridized carbons (Fsp3) is 0.136. The van der Waals surface area contributed by atoms with Gasteiger partial charge in [0.25, 0.3) is 0 Å². The van der Waals surface area contributed by atoms with Crippen LogP contribution in [-0.4, -0.2) is 5.91 Å². The number of carbonyl (C=O) groups is 1. The van der Waals surface area contributed by atoms with E-state index in [0.29, 0.717) is 11.4 Å². The molecule has 0 aliphatic carbocycles. The summed E-state index contributed by atoms with van der Waals surface area (Å²) in [6.45, 7) is 4.09. The maximum absolute atomic E-state index is 12.1. The highest BCUT2D eigenvalue weighted by Crippen LogP contribution is 2.27. The van der Waals surface area contributed by atoms with E-state index < -0.39 is 0 Å². The van der Waals surface area contributed by atoms with Gasteiger partial charge in [-0.3, -0.25) is 4.79 Å². The van der Waals surface area contributed by atoms with Crippen molar-refractivity contribution >= 4 is 23.2 Å². The fourth-order valence-corrected chi connectivity index (χ4v) is 2.69. The van der Waals surface area contributed by atoms with Crippen LogP contribution < -0.4 is 10.1 Å². The van der Waals surface area contributed by atoms with Gasteiger partial charge in [-0.2, -0.15) is 0 Å². The monoisotopic (exact) mass is 365 g/mol. The minimum atomic E-state index is -0.0736. The first-order valence-corrected chi connectivity index (χ1v) is 8.77. The lowest BCUT2D eigenvalue weighted by Crippen LogP contribution is -2.14. The Bertz CT molecular complexity index is 902. The van der Waals surface area contributed by atoms with Gasteiger partial charge in [-0.15, -0.1) is 0 Å². The van der Waals surface area contributed by atoms with Gasteiger partial charge in [-0.25, -0.2) is 0 Å². The Labute approximate surface area is 158 Å². The van der Waals surface area contributed by atoms with Crippen LogP contribution in [0.5, 0.6) is 11.5 Å². The van der Waals surface area contributed by atoms with E-state index in [2.05, 4.69) is 18.3 Å². The number of anilines is 1. The van der Waals surface area contributed by atoms with Gasteiger partial charge in [0.05, 0.1) is 6.42 Å². The Kier molecular flexibility index (Phi) is 5.59. The predicted molar refractivity (Wildman–Crippen MR) is 106 cm³/mol. The highest BCUT2D eigenvalue weighted by Gasteiger charge is 2.06. The molecule has 0 atom stereocenters. The van der Waals surface area contributed by atoms with Crippen molar-refractivity contribution in [3.05, 3.63) is 88.4 Å². The molecule has 0 heterocycles. The fourth-order valence-electron chi connectivity index (χ4n) is 2.56. The standard InChI is InChI=1S/C22H20ClNO2/c1-15-4-3-5-21(16(15)2)26-20-12-10-19(11-13-20)24-22(25)14-17-6-8-18(23)9-7-17/h3-13H,14H2,1-2H3,(H,24,25). The molecule has 3 nitrogen and oxygen atoms in total. The average molecular weight is 366 g/mol. The third-order valence-corrected chi connectivity index (χ3v) is 4.45. The number of benzene rings is 3. The number of aryl methyl sites for hydroxylation is 1. The van der Waals surface area contributed by atoms with E-state index in [1.54, 1.807) is 12.1 Å². The van der Waals surface area contributed by atoms with Crippen LogP contribution in [0.1, 0.15) is 16.7 Å². The third kappa shape index (κ3) is 4.64. The Morgan fingerprint density at radius 3 is 2.35 bits per heavy atom. The Balaban J connectivity index is 1.61. The van der Waals surface area contributed by atoms with Crippen LogP contribution >= 0.6 is 11.6 Å². The molecule has 3 aromatic rings. The van der Waals surface area contributed by atoms with Crippen molar-refractivity contribution < 1.29 is 9.53 Å². The summed E-state index contributed by atoms with van der Waals surface area (Å²) in [5, 5.41) is 3.55. The zero-order chi connectivity index (χ0) is 18.5. The van der Waals surface area contributed by atoms with Crippen LogP contribution in [0.25, 0.3) is 0 Å². The molecule has 0 fully saturated rings. The van der Waals surface area contributed by atoms with Gasteiger partial charge >= 0.3 is 0 Å². The second-order valence-corrected chi connectivity index (χ2v) is 6.61. The number of carbonyl (C=O) groups excluding carboxylic acids is 1. The second kappa shape index (κ2) is 8.07. The van der Waals surface area contributed by atoms with Crippen LogP contribution in [-0.2, 0) is 11.2 Å². The smallest absolute Gasteiger partial charge is 0.228 e. The zero-order valence-corrected chi connectivity index (χ0v) is 15.5. The molecule has 4 heteroatoms. The molecule has 0 radical (unpaired) electrons. The van der Waals surface area contributed by atoms with E-state index in [1.165, 1.54) is 5.56 Å². The highest BCUT2D eigenvalue weighted by molar-refractivity contribution is 6.30. The summed E-state index contributed by atoms with van der Waals surface area (Å²) < 4.78 is 5.93. The molecule has 0 aliphatic heterocycles. The average Bonchev–Trinajstić information content (AvgIpc) is 2.62. The van der Waals surface area contributed by atoms with Crippen LogP contribution in [0.3, 0.4) is 0 Å². The lowest BCUT2D eigenvalue weighted by atomic mass is 10.1. The number of nitrogens with one attached hydrogen (secondary N) is 1. The topological polar surface area (TPSA) is 38.3 Å². The second-order valence-electron chi connectivity index (χ2n) is 6.18. The van der Waals surface area contributed by atoms with Crippen LogP contribution in [0.15, 0.2) is 66.7 Å². The lowest BCUT2D eigenvalue weighted by molar-refractivity contribution is -0.115. The molecule has 1 amide bonds. The van der Waals surface area contributed by atoms with E-state index in [1.807, 2.05) is 55.5 Å². The summed E-state index contributed by atoms with van der Waals surface area (Å²) in [4.78, 5) is 12.1. The number of ether oxygens (including phenoxy) is 1. The first-order chi connectivity index (χ1) is 12.5. The van der Waals surface area contributed by atoms with Crippen molar-refractivity contribution in [3.8, 4) is 11.5 Å². The van der Waals surface area contributed by atoms with Gasteiger partial charge in [-0.05, 0) is 73.0 Å². The van der Waals surface area contributed by atoms with Gasteiger partial charge < -0.3 is 10.1 Å². The molecule has 0 unspecified atom stereocenters. The van der Waals surface area contributed by atoms with E-state index in [0.717, 1.165) is 28.3 Å². The number of amides is 1. The predicted octanol–water partition coefficient (Wildman–Crippen LogP) is 5.93. The molecule has 0 saturated heterocycles.